The second kappa shape index (κ2) is 6.46. The SMILES string of the molecule is CC[C@H](C)CCC(=O)NCC(=O)O. The zero-order valence-corrected chi connectivity index (χ0v) is 8.17. The summed E-state index contributed by atoms with van der Waals surface area (Å²) in [6, 6.07) is 0. The Labute approximate surface area is 78.3 Å². The fourth-order valence-corrected chi connectivity index (χ4v) is 0.844. The van der Waals surface area contributed by atoms with E-state index >= 15 is 0 Å². The monoisotopic (exact) mass is 187 g/mol. The van der Waals surface area contributed by atoms with Crippen molar-refractivity contribution in [1.29, 1.82) is 0 Å². The summed E-state index contributed by atoms with van der Waals surface area (Å²) >= 11 is 0. The molecule has 0 bridgehead atoms. The highest BCUT2D eigenvalue weighted by atomic mass is 16.4. The van der Waals surface area contributed by atoms with Crippen molar-refractivity contribution in [2.24, 2.45) is 5.92 Å². The maximum Gasteiger partial charge on any atom is 0.322 e. The predicted octanol–water partition coefficient (Wildman–Crippen LogP) is 1.01. The van der Waals surface area contributed by atoms with Crippen LogP contribution in [0.4, 0.5) is 0 Å². The molecule has 0 saturated heterocycles. The molecular formula is C9H17NO3. The number of aliphatic carboxylic acids is 1. The first-order valence-corrected chi connectivity index (χ1v) is 4.54. The van der Waals surface area contributed by atoms with Gasteiger partial charge < -0.3 is 10.4 Å². The minimum atomic E-state index is -1.00. The van der Waals surface area contributed by atoms with E-state index < -0.39 is 5.97 Å². The molecule has 0 saturated carbocycles. The van der Waals surface area contributed by atoms with Gasteiger partial charge in [0.2, 0.25) is 5.91 Å². The van der Waals surface area contributed by atoms with Gasteiger partial charge in [-0.3, -0.25) is 9.59 Å². The van der Waals surface area contributed by atoms with Crippen LogP contribution in [0.2, 0.25) is 0 Å². The lowest BCUT2D eigenvalue weighted by molar-refractivity contribution is -0.138. The normalized spacial score (nSPS) is 12.2. The van der Waals surface area contributed by atoms with Crippen molar-refractivity contribution in [2.75, 3.05) is 6.54 Å². The summed E-state index contributed by atoms with van der Waals surface area (Å²) in [6.07, 6.45) is 2.29. The standard InChI is InChI=1S/C9H17NO3/c1-3-7(2)4-5-8(11)10-6-9(12)13/h7H,3-6H2,1-2H3,(H,10,11)(H,12,13)/t7-/m0/s1. The Hall–Kier alpha value is -1.06. The molecule has 0 aliphatic rings. The molecule has 2 N–H and O–H groups in total. The van der Waals surface area contributed by atoms with Crippen LogP contribution < -0.4 is 5.32 Å². The third-order valence-electron chi connectivity index (χ3n) is 2.00. The summed E-state index contributed by atoms with van der Waals surface area (Å²) in [5.41, 5.74) is 0. The van der Waals surface area contributed by atoms with Crippen molar-refractivity contribution < 1.29 is 14.7 Å². The van der Waals surface area contributed by atoms with Crippen molar-refractivity contribution in [3.8, 4) is 0 Å². The van der Waals surface area contributed by atoms with Gasteiger partial charge in [-0.25, -0.2) is 0 Å². The van der Waals surface area contributed by atoms with E-state index in [1.807, 2.05) is 0 Å². The minimum Gasteiger partial charge on any atom is -0.480 e. The number of carboxylic acid groups (broad SMARTS) is 1. The van der Waals surface area contributed by atoms with Crippen LogP contribution in [0, 0.1) is 5.92 Å². The molecule has 0 heterocycles. The molecule has 0 fully saturated rings. The Morgan fingerprint density at radius 3 is 2.54 bits per heavy atom. The Bertz CT molecular complexity index is 180. The molecule has 0 aromatic rings. The van der Waals surface area contributed by atoms with E-state index in [4.69, 9.17) is 5.11 Å². The van der Waals surface area contributed by atoms with Crippen LogP contribution in [0.3, 0.4) is 0 Å². The van der Waals surface area contributed by atoms with E-state index in [0.717, 1.165) is 12.8 Å². The molecule has 0 radical (unpaired) electrons. The molecule has 13 heavy (non-hydrogen) atoms. The molecule has 0 aliphatic carbocycles. The molecule has 1 amide bonds. The van der Waals surface area contributed by atoms with E-state index in [0.29, 0.717) is 12.3 Å². The molecule has 0 aromatic carbocycles. The van der Waals surface area contributed by atoms with E-state index in [9.17, 15) is 9.59 Å². The van der Waals surface area contributed by atoms with Crippen molar-refractivity contribution in [3.05, 3.63) is 0 Å². The van der Waals surface area contributed by atoms with Crippen LogP contribution in [-0.2, 0) is 9.59 Å². The highest BCUT2D eigenvalue weighted by Gasteiger charge is 2.05. The molecule has 4 heteroatoms. The Morgan fingerprint density at radius 1 is 1.46 bits per heavy atom. The number of hydrogen-bond acceptors (Lipinski definition) is 2. The molecule has 1 atom stereocenters. The van der Waals surface area contributed by atoms with Gasteiger partial charge >= 0.3 is 5.97 Å². The Kier molecular flexibility index (Phi) is 5.93. The molecule has 0 spiro atoms. The van der Waals surface area contributed by atoms with Crippen LogP contribution in [-0.4, -0.2) is 23.5 Å². The largest absolute Gasteiger partial charge is 0.480 e. The number of nitrogens with one attached hydrogen (secondary N) is 1. The summed E-state index contributed by atoms with van der Waals surface area (Å²) in [4.78, 5) is 21.1. The molecule has 0 aromatic heterocycles. The van der Waals surface area contributed by atoms with E-state index in [2.05, 4.69) is 19.2 Å². The number of carbonyl (C=O) groups is 2. The Balaban J connectivity index is 3.46. The first-order chi connectivity index (χ1) is 6.06. The van der Waals surface area contributed by atoms with E-state index in [1.165, 1.54) is 0 Å². The predicted molar refractivity (Wildman–Crippen MR) is 49.3 cm³/mol. The van der Waals surface area contributed by atoms with Crippen molar-refractivity contribution in [2.45, 2.75) is 33.1 Å². The van der Waals surface area contributed by atoms with Gasteiger partial charge in [0.05, 0.1) is 0 Å². The highest BCUT2D eigenvalue weighted by molar-refractivity contribution is 5.80. The summed E-state index contributed by atoms with van der Waals surface area (Å²) in [6.45, 7) is 3.86. The van der Waals surface area contributed by atoms with Gasteiger partial charge in [-0.2, -0.15) is 0 Å². The van der Waals surface area contributed by atoms with Crippen LogP contribution >= 0.6 is 0 Å². The minimum absolute atomic E-state index is 0.178. The first kappa shape index (κ1) is 11.9. The number of hydrogen-bond donors (Lipinski definition) is 2. The molecule has 76 valence electrons. The first-order valence-electron chi connectivity index (χ1n) is 4.54. The smallest absolute Gasteiger partial charge is 0.322 e. The van der Waals surface area contributed by atoms with E-state index in [-0.39, 0.29) is 12.5 Å². The molecular weight excluding hydrogens is 170 g/mol. The van der Waals surface area contributed by atoms with Gasteiger partial charge in [0.1, 0.15) is 6.54 Å². The number of carbonyl (C=O) groups excluding carboxylic acids is 1. The van der Waals surface area contributed by atoms with Crippen LogP contribution in [0.15, 0.2) is 0 Å². The third kappa shape index (κ3) is 7.31. The van der Waals surface area contributed by atoms with E-state index in [1.54, 1.807) is 0 Å². The van der Waals surface area contributed by atoms with Gasteiger partial charge in [0.15, 0.2) is 0 Å². The fraction of sp³-hybridized carbons (Fsp3) is 0.778. The second-order valence-electron chi connectivity index (χ2n) is 3.22. The van der Waals surface area contributed by atoms with Crippen molar-refractivity contribution in [3.63, 3.8) is 0 Å². The van der Waals surface area contributed by atoms with Gasteiger partial charge in [-0.05, 0) is 12.3 Å². The average molecular weight is 187 g/mol. The second-order valence-corrected chi connectivity index (χ2v) is 3.22. The maximum atomic E-state index is 11.0. The van der Waals surface area contributed by atoms with Crippen LogP contribution in [0.25, 0.3) is 0 Å². The zero-order chi connectivity index (χ0) is 10.3. The van der Waals surface area contributed by atoms with Gasteiger partial charge in [-0.1, -0.05) is 20.3 Å². The fourth-order valence-electron chi connectivity index (χ4n) is 0.844. The number of amides is 1. The summed E-state index contributed by atoms with van der Waals surface area (Å²) in [7, 11) is 0. The summed E-state index contributed by atoms with van der Waals surface area (Å²) in [5, 5.41) is 10.6. The quantitative estimate of drug-likeness (QED) is 0.652. The lowest BCUT2D eigenvalue weighted by Crippen LogP contribution is -2.29. The highest BCUT2D eigenvalue weighted by Crippen LogP contribution is 2.08. The Morgan fingerprint density at radius 2 is 2.08 bits per heavy atom. The molecule has 0 rings (SSSR count). The lowest BCUT2D eigenvalue weighted by Gasteiger charge is -2.07. The van der Waals surface area contributed by atoms with Gasteiger partial charge in [0, 0.05) is 6.42 Å². The molecule has 4 nitrogen and oxygen atoms in total. The van der Waals surface area contributed by atoms with Gasteiger partial charge in [-0.15, -0.1) is 0 Å². The zero-order valence-electron chi connectivity index (χ0n) is 8.17. The summed E-state index contributed by atoms with van der Waals surface area (Å²) < 4.78 is 0. The van der Waals surface area contributed by atoms with Crippen molar-refractivity contribution >= 4 is 11.9 Å². The van der Waals surface area contributed by atoms with Gasteiger partial charge in [0.25, 0.3) is 0 Å². The molecule has 0 unspecified atom stereocenters. The topological polar surface area (TPSA) is 66.4 Å². The maximum absolute atomic E-state index is 11.0. The summed E-state index contributed by atoms with van der Waals surface area (Å²) in [5.74, 6) is -0.657. The number of rotatable bonds is 6. The molecule has 0 aliphatic heterocycles. The third-order valence-corrected chi connectivity index (χ3v) is 2.00. The lowest BCUT2D eigenvalue weighted by atomic mass is 10.0. The van der Waals surface area contributed by atoms with Crippen LogP contribution in [0.1, 0.15) is 33.1 Å². The number of carboxylic acids is 1. The van der Waals surface area contributed by atoms with Crippen molar-refractivity contribution in [1.82, 2.24) is 5.32 Å². The average Bonchev–Trinajstić information content (AvgIpc) is 2.10. The van der Waals surface area contributed by atoms with Crippen LogP contribution in [0.5, 0.6) is 0 Å².